The molecule has 0 aliphatic carbocycles. The number of alkyl halides is 3. The number of benzene rings is 2. The number of hydrogen-bond acceptors (Lipinski definition) is 2. The second kappa shape index (κ2) is 7.63. The largest absolute Gasteiger partial charge is 0.362 e. The van der Waals surface area contributed by atoms with Gasteiger partial charge in [0.15, 0.2) is 0 Å². The Hall–Kier alpha value is -1.13. The summed E-state index contributed by atoms with van der Waals surface area (Å²) in [5.74, 6) is -0.400. The van der Waals surface area contributed by atoms with Crippen LogP contribution in [0.25, 0.3) is 0 Å². The van der Waals surface area contributed by atoms with E-state index in [0.29, 0.717) is 10.6 Å². The van der Waals surface area contributed by atoms with Gasteiger partial charge in [0.1, 0.15) is 6.17 Å². The van der Waals surface area contributed by atoms with E-state index in [4.69, 9.17) is 46.4 Å². The van der Waals surface area contributed by atoms with Gasteiger partial charge in [0, 0.05) is 16.3 Å². The van der Waals surface area contributed by atoms with Crippen LogP contribution in [0.3, 0.4) is 0 Å². The summed E-state index contributed by atoms with van der Waals surface area (Å²) in [5, 5.41) is 6.11. The van der Waals surface area contributed by atoms with E-state index in [1.165, 1.54) is 6.07 Å². The highest BCUT2D eigenvalue weighted by Gasteiger charge is 2.34. The van der Waals surface area contributed by atoms with Crippen molar-refractivity contribution in [3.8, 4) is 0 Å². The van der Waals surface area contributed by atoms with Gasteiger partial charge in [-0.1, -0.05) is 70.2 Å². The third kappa shape index (κ3) is 5.47. The highest BCUT2D eigenvalue weighted by atomic mass is 35.6. The van der Waals surface area contributed by atoms with Crippen molar-refractivity contribution in [1.29, 1.82) is 0 Å². The molecule has 1 atom stereocenters. The SMILES string of the molecule is Cc1ccc(N[C@H](NC(=O)c2cccc(Cl)c2)C(Cl)(Cl)Cl)cc1. The second-order valence-corrected chi connectivity index (χ2v) is 7.77. The molecule has 0 aliphatic heterocycles. The Balaban J connectivity index is 2.16. The van der Waals surface area contributed by atoms with E-state index in [1.54, 1.807) is 18.2 Å². The van der Waals surface area contributed by atoms with Gasteiger partial charge in [0.05, 0.1) is 0 Å². The smallest absolute Gasteiger partial charge is 0.253 e. The number of amides is 1. The molecule has 23 heavy (non-hydrogen) atoms. The fraction of sp³-hybridized carbons (Fsp3) is 0.188. The third-order valence-electron chi connectivity index (χ3n) is 3.05. The Morgan fingerprint density at radius 3 is 2.30 bits per heavy atom. The molecule has 7 heteroatoms. The van der Waals surface area contributed by atoms with E-state index in [1.807, 2.05) is 31.2 Å². The topological polar surface area (TPSA) is 41.1 Å². The van der Waals surface area contributed by atoms with Crippen LogP contribution in [-0.2, 0) is 0 Å². The first-order chi connectivity index (χ1) is 10.8. The Bertz CT molecular complexity index is 683. The average Bonchev–Trinajstić information content (AvgIpc) is 2.47. The lowest BCUT2D eigenvalue weighted by atomic mass is 10.2. The molecule has 0 fully saturated rings. The number of rotatable bonds is 4. The normalized spacial score (nSPS) is 12.6. The molecule has 0 aliphatic rings. The monoisotopic (exact) mass is 390 g/mol. The van der Waals surface area contributed by atoms with Crippen LogP contribution in [0.2, 0.25) is 5.02 Å². The van der Waals surface area contributed by atoms with Crippen molar-refractivity contribution in [2.45, 2.75) is 16.9 Å². The standard InChI is InChI=1S/C16H14Cl4N2O/c1-10-5-7-13(8-6-10)21-15(16(18,19)20)22-14(23)11-3-2-4-12(17)9-11/h2-9,15,21H,1H3,(H,22,23)/t15-/m1/s1. The van der Waals surface area contributed by atoms with E-state index in [2.05, 4.69) is 10.6 Å². The molecule has 0 unspecified atom stereocenters. The van der Waals surface area contributed by atoms with Gasteiger partial charge < -0.3 is 10.6 Å². The molecular weight excluding hydrogens is 378 g/mol. The van der Waals surface area contributed by atoms with Crippen molar-refractivity contribution < 1.29 is 4.79 Å². The first kappa shape index (κ1) is 18.2. The molecule has 0 radical (unpaired) electrons. The van der Waals surface area contributed by atoms with E-state index in [9.17, 15) is 4.79 Å². The van der Waals surface area contributed by atoms with Gasteiger partial charge in [-0.3, -0.25) is 4.79 Å². The lowest BCUT2D eigenvalue weighted by molar-refractivity contribution is 0.0942. The van der Waals surface area contributed by atoms with Crippen molar-refractivity contribution in [1.82, 2.24) is 5.32 Å². The zero-order valence-corrected chi connectivity index (χ0v) is 15.1. The van der Waals surface area contributed by atoms with Crippen LogP contribution in [0.1, 0.15) is 15.9 Å². The highest BCUT2D eigenvalue weighted by molar-refractivity contribution is 6.68. The van der Waals surface area contributed by atoms with E-state index >= 15 is 0 Å². The maximum Gasteiger partial charge on any atom is 0.253 e. The van der Waals surface area contributed by atoms with Crippen molar-refractivity contribution in [2.24, 2.45) is 0 Å². The van der Waals surface area contributed by atoms with Crippen LogP contribution in [0.15, 0.2) is 48.5 Å². The number of aryl methyl sites for hydroxylation is 1. The van der Waals surface area contributed by atoms with Gasteiger partial charge in [-0.2, -0.15) is 0 Å². The van der Waals surface area contributed by atoms with Crippen LogP contribution in [0.4, 0.5) is 5.69 Å². The van der Waals surface area contributed by atoms with E-state index in [-0.39, 0.29) is 0 Å². The molecule has 122 valence electrons. The lowest BCUT2D eigenvalue weighted by Gasteiger charge is -2.27. The predicted octanol–water partition coefficient (Wildman–Crippen LogP) is 5.19. The number of anilines is 1. The molecule has 2 rings (SSSR count). The number of carbonyl (C=O) groups is 1. The van der Waals surface area contributed by atoms with Crippen molar-refractivity contribution in [3.05, 3.63) is 64.7 Å². The average molecular weight is 392 g/mol. The fourth-order valence-electron chi connectivity index (χ4n) is 1.86. The summed E-state index contributed by atoms with van der Waals surface area (Å²) < 4.78 is -1.74. The second-order valence-electron chi connectivity index (χ2n) is 4.97. The fourth-order valence-corrected chi connectivity index (χ4v) is 2.38. The molecule has 2 aromatic carbocycles. The molecule has 2 N–H and O–H groups in total. The summed E-state index contributed by atoms with van der Waals surface area (Å²) in [6, 6.07) is 14.0. The highest BCUT2D eigenvalue weighted by Crippen LogP contribution is 2.31. The van der Waals surface area contributed by atoms with Gasteiger partial charge in [-0.05, 0) is 37.3 Å². The predicted molar refractivity (Wildman–Crippen MR) is 97.8 cm³/mol. The minimum atomic E-state index is -1.74. The number of halogens is 4. The van der Waals surface area contributed by atoms with E-state index in [0.717, 1.165) is 11.3 Å². The molecule has 0 saturated heterocycles. The van der Waals surface area contributed by atoms with Crippen LogP contribution in [0.5, 0.6) is 0 Å². The van der Waals surface area contributed by atoms with Gasteiger partial charge in [0.25, 0.3) is 5.91 Å². The first-order valence-corrected chi connectivity index (χ1v) is 8.23. The summed E-state index contributed by atoms with van der Waals surface area (Å²) in [4.78, 5) is 12.3. The number of carbonyl (C=O) groups excluding carboxylic acids is 1. The Labute approximate surface area is 154 Å². The van der Waals surface area contributed by atoms with Gasteiger partial charge in [-0.15, -0.1) is 0 Å². The molecular formula is C16H14Cl4N2O. The molecule has 1 amide bonds. The summed E-state index contributed by atoms with van der Waals surface area (Å²) in [7, 11) is 0. The molecule has 0 aromatic heterocycles. The number of nitrogens with one attached hydrogen (secondary N) is 2. The molecule has 0 saturated carbocycles. The quantitative estimate of drug-likeness (QED) is 0.556. The van der Waals surface area contributed by atoms with Gasteiger partial charge in [0.2, 0.25) is 3.79 Å². The van der Waals surface area contributed by atoms with Crippen LogP contribution >= 0.6 is 46.4 Å². The summed E-state index contributed by atoms with van der Waals surface area (Å²) in [6.07, 6.45) is -0.915. The van der Waals surface area contributed by atoms with Crippen LogP contribution < -0.4 is 10.6 Å². The zero-order valence-electron chi connectivity index (χ0n) is 12.1. The third-order valence-corrected chi connectivity index (χ3v) is 3.94. The van der Waals surface area contributed by atoms with Crippen molar-refractivity contribution >= 4 is 58.0 Å². The van der Waals surface area contributed by atoms with Crippen molar-refractivity contribution in [2.75, 3.05) is 5.32 Å². The van der Waals surface area contributed by atoms with Crippen LogP contribution in [0, 0.1) is 6.92 Å². The zero-order chi connectivity index (χ0) is 17.0. The van der Waals surface area contributed by atoms with Gasteiger partial charge in [-0.25, -0.2) is 0 Å². The lowest BCUT2D eigenvalue weighted by Crippen LogP contribution is -2.49. The first-order valence-electron chi connectivity index (χ1n) is 6.72. The summed E-state index contributed by atoms with van der Waals surface area (Å²) in [5.41, 5.74) is 2.20. The summed E-state index contributed by atoms with van der Waals surface area (Å²) >= 11 is 23.8. The van der Waals surface area contributed by atoms with E-state index < -0.39 is 15.9 Å². The molecule has 3 nitrogen and oxygen atoms in total. The van der Waals surface area contributed by atoms with Crippen molar-refractivity contribution in [3.63, 3.8) is 0 Å². The number of hydrogen-bond donors (Lipinski definition) is 2. The maximum atomic E-state index is 12.3. The summed E-state index contributed by atoms with van der Waals surface area (Å²) in [6.45, 7) is 1.97. The molecule has 2 aromatic rings. The molecule has 0 spiro atoms. The molecule has 0 heterocycles. The van der Waals surface area contributed by atoms with Gasteiger partial charge >= 0.3 is 0 Å². The molecule has 0 bridgehead atoms. The Morgan fingerprint density at radius 1 is 1.09 bits per heavy atom. The Kier molecular flexibility index (Phi) is 6.04. The maximum absolute atomic E-state index is 12.3. The minimum Gasteiger partial charge on any atom is -0.362 e. The minimum absolute atomic E-state index is 0.377. The van der Waals surface area contributed by atoms with Crippen LogP contribution in [-0.4, -0.2) is 15.9 Å². The Morgan fingerprint density at radius 2 is 1.74 bits per heavy atom.